The molecule has 0 aliphatic heterocycles. The van der Waals surface area contributed by atoms with Crippen LogP contribution in [0.1, 0.15) is 38.8 Å². The highest BCUT2D eigenvalue weighted by molar-refractivity contribution is 6.04. The van der Waals surface area contributed by atoms with Gasteiger partial charge in [0.05, 0.1) is 6.10 Å². The van der Waals surface area contributed by atoms with Crippen LogP contribution in [0.15, 0.2) is 24.3 Å². The number of benzene rings is 1. The topological polar surface area (TPSA) is 110 Å². The summed E-state index contributed by atoms with van der Waals surface area (Å²) in [5.41, 5.74) is 5.09. The van der Waals surface area contributed by atoms with Crippen molar-refractivity contribution < 1.29 is 24.5 Å². The van der Waals surface area contributed by atoms with E-state index in [0.29, 0.717) is 0 Å². The van der Waals surface area contributed by atoms with Crippen LogP contribution in [0.4, 0.5) is 0 Å². The molecule has 0 amide bonds. The molecule has 0 aromatic heterocycles. The van der Waals surface area contributed by atoms with Crippen molar-refractivity contribution in [3.05, 3.63) is 35.4 Å². The molecule has 6 nitrogen and oxygen atoms in total. The number of hydrogen-bond acceptors (Lipinski definition) is 5. The fourth-order valence-electron chi connectivity index (χ4n) is 1.64. The van der Waals surface area contributed by atoms with Gasteiger partial charge in [-0.05, 0) is 45.2 Å². The Labute approximate surface area is 129 Å². The predicted molar refractivity (Wildman–Crippen MR) is 81.3 cm³/mol. The first-order valence-corrected chi connectivity index (χ1v) is 6.99. The van der Waals surface area contributed by atoms with Crippen molar-refractivity contribution in [1.29, 1.82) is 0 Å². The van der Waals surface area contributed by atoms with Crippen LogP contribution >= 0.6 is 0 Å². The normalized spacial score (nSPS) is 16.3. The van der Waals surface area contributed by atoms with Gasteiger partial charge in [-0.3, -0.25) is 0 Å². The first-order chi connectivity index (χ1) is 9.98. The molecule has 0 spiro atoms. The number of carbonyl (C=O) groups excluding carboxylic acids is 1. The van der Waals surface area contributed by atoms with E-state index >= 15 is 0 Å². The van der Waals surface area contributed by atoms with E-state index in [0.717, 1.165) is 6.92 Å². The SMILES string of the molecule is CC(O)C(N)(C(=O)O)C(=O)OC(C)(C)C.c1ccc2c(c1)C2. The molecule has 2 rings (SSSR count). The highest BCUT2D eigenvalue weighted by Gasteiger charge is 2.49. The van der Waals surface area contributed by atoms with Gasteiger partial charge in [-0.15, -0.1) is 0 Å². The summed E-state index contributed by atoms with van der Waals surface area (Å²) in [6.45, 7) is 5.86. The van der Waals surface area contributed by atoms with Gasteiger partial charge in [0.15, 0.2) is 0 Å². The Balaban J connectivity index is 0.000000279. The summed E-state index contributed by atoms with van der Waals surface area (Å²) < 4.78 is 4.82. The maximum Gasteiger partial charge on any atom is 0.341 e. The van der Waals surface area contributed by atoms with Crippen LogP contribution in [-0.4, -0.2) is 39.4 Å². The number of carbonyl (C=O) groups is 2. The Kier molecular flexibility index (Phi) is 5.32. The van der Waals surface area contributed by atoms with Gasteiger partial charge < -0.3 is 20.7 Å². The van der Waals surface area contributed by atoms with Gasteiger partial charge in [-0.25, -0.2) is 9.59 Å². The average molecular weight is 309 g/mol. The monoisotopic (exact) mass is 309 g/mol. The van der Waals surface area contributed by atoms with Crippen LogP contribution in [0.5, 0.6) is 0 Å². The van der Waals surface area contributed by atoms with Gasteiger partial charge in [-0.2, -0.15) is 0 Å². The molecule has 1 aliphatic carbocycles. The summed E-state index contributed by atoms with van der Waals surface area (Å²) in [7, 11) is 0. The van der Waals surface area contributed by atoms with E-state index in [-0.39, 0.29) is 0 Å². The second kappa shape index (κ2) is 6.46. The second-order valence-corrected chi connectivity index (χ2v) is 6.30. The largest absolute Gasteiger partial charge is 0.479 e. The molecule has 0 fully saturated rings. The van der Waals surface area contributed by atoms with Gasteiger partial charge in [0, 0.05) is 0 Å². The Morgan fingerprint density at radius 3 is 1.95 bits per heavy atom. The van der Waals surface area contributed by atoms with E-state index < -0.39 is 29.2 Å². The molecular formula is C16H23NO5. The maximum absolute atomic E-state index is 11.5. The van der Waals surface area contributed by atoms with E-state index in [1.54, 1.807) is 20.8 Å². The molecular weight excluding hydrogens is 286 g/mol. The number of nitrogens with two attached hydrogens (primary N) is 1. The molecule has 0 saturated heterocycles. The zero-order valence-corrected chi connectivity index (χ0v) is 13.3. The van der Waals surface area contributed by atoms with Crippen molar-refractivity contribution >= 4 is 11.9 Å². The van der Waals surface area contributed by atoms with Gasteiger partial charge in [0.2, 0.25) is 5.54 Å². The number of carboxylic acids is 1. The number of rotatable bonds is 3. The van der Waals surface area contributed by atoms with E-state index in [1.165, 1.54) is 17.5 Å². The molecule has 122 valence electrons. The molecule has 1 aliphatic rings. The van der Waals surface area contributed by atoms with E-state index in [9.17, 15) is 14.7 Å². The Morgan fingerprint density at radius 2 is 1.68 bits per heavy atom. The molecule has 22 heavy (non-hydrogen) atoms. The third-order valence-electron chi connectivity index (χ3n) is 3.12. The van der Waals surface area contributed by atoms with Gasteiger partial charge in [0.25, 0.3) is 0 Å². The van der Waals surface area contributed by atoms with Crippen LogP contribution in [0.25, 0.3) is 0 Å². The van der Waals surface area contributed by atoms with Crippen LogP contribution in [0.2, 0.25) is 0 Å². The molecule has 0 bridgehead atoms. The standard InChI is InChI=1S/C9H17NO5.C7H6/c1-5(11)9(10,6(12)13)7(14)15-8(2,3)4;1-2-4-7-5-6(7)3-1/h5,11H,10H2,1-4H3,(H,12,13);1-4H,5H2. The zero-order chi connectivity index (χ0) is 17.1. The summed E-state index contributed by atoms with van der Waals surface area (Å²) in [5.74, 6) is -2.77. The van der Waals surface area contributed by atoms with Gasteiger partial charge >= 0.3 is 11.9 Å². The molecule has 1 aromatic rings. The summed E-state index contributed by atoms with van der Waals surface area (Å²) in [5, 5.41) is 18.0. The van der Waals surface area contributed by atoms with Crippen LogP contribution < -0.4 is 5.73 Å². The minimum absolute atomic E-state index is 0.855. The lowest BCUT2D eigenvalue weighted by atomic mass is 9.94. The minimum Gasteiger partial charge on any atom is -0.479 e. The first kappa shape index (κ1) is 18.1. The number of aliphatic hydroxyl groups excluding tert-OH is 1. The smallest absolute Gasteiger partial charge is 0.341 e. The fraction of sp³-hybridized carbons (Fsp3) is 0.500. The molecule has 2 atom stereocenters. The lowest BCUT2D eigenvalue weighted by Gasteiger charge is -2.29. The second-order valence-electron chi connectivity index (χ2n) is 6.30. The third-order valence-corrected chi connectivity index (χ3v) is 3.12. The Bertz CT molecular complexity index is 541. The summed E-state index contributed by atoms with van der Waals surface area (Å²) in [6, 6.07) is 8.53. The number of aliphatic carboxylic acids is 1. The summed E-state index contributed by atoms with van der Waals surface area (Å²) >= 11 is 0. The lowest BCUT2D eigenvalue weighted by Crippen LogP contribution is -2.63. The molecule has 1 aromatic carbocycles. The average Bonchev–Trinajstić information content (AvgIpc) is 3.14. The third kappa shape index (κ3) is 4.54. The van der Waals surface area contributed by atoms with Crippen molar-refractivity contribution in [3.8, 4) is 0 Å². The van der Waals surface area contributed by atoms with E-state index in [1.807, 2.05) is 0 Å². The van der Waals surface area contributed by atoms with Crippen molar-refractivity contribution in [2.45, 2.75) is 51.4 Å². The fourth-order valence-corrected chi connectivity index (χ4v) is 1.64. The number of aliphatic hydroxyl groups is 1. The first-order valence-electron chi connectivity index (χ1n) is 6.99. The van der Waals surface area contributed by atoms with Crippen LogP contribution in [0, 0.1) is 0 Å². The minimum atomic E-state index is -2.42. The maximum atomic E-state index is 11.5. The number of fused-ring (bicyclic) bond motifs is 1. The number of esters is 1. The number of ether oxygens (including phenoxy) is 1. The Hall–Kier alpha value is -1.92. The highest BCUT2D eigenvalue weighted by atomic mass is 16.6. The molecule has 4 N–H and O–H groups in total. The van der Waals surface area contributed by atoms with Crippen molar-refractivity contribution in [3.63, 3.8) is 0 Å². The van der Waals surface area contributed by atoms with Crippen molar-refractivity contribution in [2.24, 2.45) is 5.73 Å². The van der Waals surface area contributed by atoms with Crippen molar-refractivity contribution in [2.75, 3.05) is 0 Å². The molecule has 0 saturated carbocycles. The van der Waals surface area contributed by atoms with Gasteiger partial charge in [-0.1, -0.05) is 24.3 Å². The molecule has 0 heterocycles. The summed E-state index contributed by atoms with van der Waals surface area (Å²) in [6.07, 6.45) is -0.294. The molecule has 2 unspecified atom stereocenters. The number of carboxylic acid groups (broad SMARTS) is 1. The zero-order valence-electron chi connectivity index (χ0n) is 13.3. The summed E-state index contributed by atoms with van der Waals surface area (Å²) in [4.78, 5) is 22.3. The van der Waals surface area contributed by atoms with E-state index in [2.05, 4.69) is 24.3 Å². The van der Waals surface area contributed by atoms with Crippen LogP contribution in [-0.2, 0) is 20.7 Å². The number of hydrogen-bond donors (Lipinski definition) is 3. The van der Waals surface area contributed by atoms with Crippen LogP contribution in [0.3, 0.4) is 0 Å². The predicted octanol–water partition coefficient (Wildman–Crippen LogP) is 1.08. The van der Waals surface area contributed by atoms with Crippen molar-refractivity contribution in [1.82, 2.24) is 0 Å². The molecule has 0 radical (unpaired) electrons. The molecule has 6 heteroatoms. The van der Waals surface area contributed by atoms with E-state index in [4.69, 9.17) is 15.6 Å². The van der Waals surface area contributed by atoms with Gasteiger partial charge in [0.1, 0.15) is 5.60 Å². The lowest BCUT2D eigenvalue weighted by molar-refractivity contribution is -0.174. The Morgan fingerprint density at radius 1 is 1.23 bits per heavy atom. The quantitative estimate of drug-likeness (QED) is 0.578. The highest BCUT2D eigenvalue weighted by Crippen LogP contribution is 2.25.